The summed E-state index contributed by atoms with van der Waals surface area (Å²) in [4.78, 5) is 25.8. The topological polar surface area (TPSA) is 65.1 Å². The molecule has 1 amide bonds. The average Bonchev–Trinajstić information content (AvgIpc) is 2.85. The van der Waals surface area contributed by atoms with E-state index in [4.69, 9.17) is 13.9 Å². The van der Waals surface area contributed by atoms with Gasteiger partial charge in [-0.3, -0.25) is 4.90 Å². The van der Waals surface area contributed by atoms with E-state index in [9.17, 15) is 9.59 Å². The molecule has 1 rings (SSSR count). The van der Waals surface area contributed by atoms with Crippen LogP contribution in [-0.2, 0) is 18.7 Å². The van der Waals surface area contributed by atoms with Crippen molar-refractivity contribution in [1.29, 1.82) is 0 Å². The molecule has 7 heteroatoms. The first kappa shape index (κ1) is 23.1. The van der Waals surface area contributed by atoms with Crippen molar-refractivity contribution in [1.82, 2.24) is 4.90 Å². The molecule has 0 aromatic heterocycles. The van der Waals surface area contributed by atoms with Crippen molar-refractivity contribution in [3.05, 3.63) is 0 Å². The Balaban J connectivity index is 3.14. The number of hydrogen-bond acceptors (Lipinski definition) is 5. The maximum Gasteiger partial charge on any atom is 0.412 e. The molecule has 0 bridgehead atoms. The lowest BCUT2D eigenvalue weighted by atomic mass is 10.1. The highest BCUT2D eigenvalue weighted by Crippen LogP contribution is 2.35. The predicted molar refractivity (Wildman–Crippen MR) is 105 cm³/mol. The summed E-state index contributed by atoms with van der Waals surface area (Å²) in [6.07, 6.45) is 0.330. The van der Waals surface area contributed by atoms with Gasteiger partial charge in [0, 0.05) is 6.42 Å². The van der Waals surface area contributed by atoms with Gasteiger partial charge in [0.2, 0.25) is 0 Å². The second-order valence-electron chi connectivity index (χ2n) is 8.48. The number of aldehydes is 1. The molecule has 0 radical (unpaired) electrons. The first-order chi connectivity index (χ1) is 11.9. The van der Waals surface area contributed by atoms with Crippen LogP contribution in [0.25, 0.3) is 0 Å². The zero-order valence-electron chi connectivity index (χ0n) is 17.8. The quantitative estimate of drug-likeness (QED) is 0.458. The second kappa shape index (κ2) is 8.84. The standard InChI is InChI=1S/C19H37NO5Si/c1-9-26(10-2,11-3)25-16(12-13-21)15-14-23-19(7,8)20(15)17(22)24-18(4,5)6/h13,15-16H,9-12,14H2,1-8H3/t15-,16-/m1/s1. The maximum absolute atomic E-state index is 12.9. The van der Waals surface area contributed by atoms with Crippen molar-refractivity contribution in [2.75, 3.05) is 6.61 Å². The van der Waals surface area contributed by atoms with Crippen molar-refractivity contribution in [2.45, 2.75) is 103 Å². The van der Waals surface area contributed by atoms with Crippen LogP contribution in [-0.4, -0.2) is 55.7 Å². The van der Waals surface area contributed by atoms with Gasteiger partial charge in [0.25, 0.3) is 0 Å². The van der Waals surface area contributed by atoms with Gasteiger partial charge >= 0.3 is 6.09 Å². The van der Waals surface area contributed by atoms with E-state index in [0.717, 1.165) is 24.4 Å². The van der Waals surface area contributed by atoms with E-state index in [1.54, 1.807) is 4.90 Å². The van der Waals surface area contributed by atoms with Gasteiger partial charge < -0.3 is 18.7 Å². The molecule has 0 aromatic carbocycles. The van der Waals surface area contributed by atoms with Crippen molar-refractivity contribution in [3.63, 3.8) is 0 Å². The normalized spacial score (nSPS) is 21.5. The van der Waals surface area contributed by atoms with Crippen LogP contribution in [0.4, 0.5) is 4.79 Å². The SMILES string of the molecule is CC[Si](CC)(CC)O[C@H](CC=O)[C@H]1COC(C)(C)N1C(=O)OC(C)(C)C. The van der Waals surface area contributed by atoms with Gasteiger partial charge in [-0.15, -0.1) is 0 Å². The van der Waals surface area contributed by atoms with E-state index in [1.165, 1.54) is 0 Å². The number of ether oxygens (including phenoxy) is 2. The molecule has 0 spiro atoms. The number of hydrogen-bond donors (Lipinski definition) is 0. The van der Waals surface area contributed by atoms with Crippen molar-refractivity contribution in [2.24, 2.45) is 0 Å². The predicted octanol–water partition coefficient (Wildman–Crippen LogP) is 4.34. The highest BCUT2D eigenvalue weighted by molar-refractivity contribution is 6.73. The van der Waals surface area contributed by atoms with Crippen molar-refractivity contribution in [3.8, 4) is 0 Å². The Morgan fingerprint density at radius 3 is 2.23 bits per heavy atom. The first-order valence-electron chi connectivity index (χ1n) is 9.73. The number of carbonyl (C=O) groups is 2. The smallest absolute Gasteiger partial charge is 0.412 e. The van der Waals surface area contributed by atoms with Crippen LogP contribution in [0.5, 0.6) is 0 Å². The minimum absolute atomic E-state index is 0.248. The van der Waals surface area contributed by atoms with E-state index in [0.29, 0.717) is 6.61 Å². The number of nitrogens with zero attached hydrogens (tertiary/aromatic N) is 1. The zero-order chi connectivity index (χ0) is 20.2. The molecule has 0 unspecified atom stereocenters. The summed E-state index contributed by atoms with van der Waals surface area (Å²) >= 11 is 0. The summed E-state index contributed by atoms with van der Waals surface area (Å²) in [6.45, 7) is 16.0. The third-order valence-electron chi connectivity index (χ3n) is 5.20. The molecular weight excluding hydrogens is 350 g/mol. The molecule has 1 aliphatic heterocycles. The molecule has 1 saturated heterocycles. The van der Waals surface area contributed by atoms with Crippen LogP contribution in [0.2, 0.25) is 18.1 Å². The summed E-state index contributed by atoms with van der Waals surface area (Å²) in [6, 6.07) is 2.62. The average molecular weight is 388 g/mol. The number of rotatable bonds is 8. The summed E-state index contributed by atoms with van der Waals surface area (Å²) in [5, 5.41) is 0. The van der Waals surface area contributed by atoms with E-state index in [2.05, 4.69) is 20.8 Å². The van der Waals surface area contributed by atoms with Crippen LogP contribution in [0, 0.1) is 0 Å². The fourth-order valence-corrected chi connectivity index (χ4v) is 6.37. The van der Waals surface area contributed by atoms with Crippen LogP contribution < -0.4 is 0 Å². The lowest BCUT2D eigenvalue weighted by Crippen LogP contribution is -2.56. The highest BCUT2D eigenvalue weighted by atomic mass is 28.4. The summed E-state index contributed by atoms with van der Waals surface area (Å²) in [5.74, 6) is 0. The molecule has 0 saturated carbocycles. The van der Waals surface area contributed by atoms with Crippen molar-refractivity contribution >= 4 is 20.7 Å². The second-order valence-corrected chi connectivity index (χ2v) is 13.2. The molecule has 0 aliphatic carbocycles. The van der Waals surface area contributed by atoms with Gasteiger partial charge in [-0.2, -0.15) is 0 Å². The summed E-state index contributed by atoms with van der Waals surface area (Å²) in [7, 11) is -1.94. The van der Waals surface area contributed by atoms with E-state index < -0.39 is 25.7 Å². The minimum Gasteiger partial charge on any atom is -0.444 e. The fraction of sp³-hybridized carbons (Fsp3) is 0.895. The lowest BCUT2D eigenvalue weighted by Gasteiger charge is -2.40. The van der Waals surface area contributed by atoms with E-state index in [1.807, 2.05) is 34.6 Å². The molecule has 26 heavy (non-hydrogen) atoms. The third-order valence-corrected chi connectivity index (χ3v) is 9.87. The Bertz CT molecular complexity index is 477. The van der Waals surface area contributed by atoms with E-state index in [-0.39, 0.29) is 18.6 Å². The zero-order valence-corrected chi connectivity index (χ0v) is 18.8. The Morgan fingerprint density at radius 2 is 1.81 bits per heavy atom. The van der Waals surface area contributed by atoms with Gasteiger partial charge in [-0.1, -0.05) is 20.8 Å². The molecule has 152 valence electrons. The first-order valence-corrected chi connectivity index (χ1v) is 12.3. The van der Waals surface area contributed by atoms with Crippen molar-refractivity contribution < 1.29 is 23.5 Å². The van der Waals surface area contributed by atoms with Gasteiger partial charge in [-0.25, -0.2) is 4.79 Å². The lowest BCUT2D eigenvalue weighted by molar-refractivity contribution is -0.110. The molecule has 1 heterocycles. The fourth-order valence-electron chi connectivity index (χ4n) is 3.47. The molecule has 6 nitrogen and oxygen atoms in total. The molecule has 1 aliphatic rings. The molecular formula is C19H37NO5Si. The van der Waals surface area contributed by atoms with Gasteiger partial charge in [0.15, 0.2) is 8.32 Å². The monoisotopic (exact) mass is 387 g/mol. The number of carbonyl (C=O) groups excluding carboxylic acids is 2. The van der Waals surface area contributed by atoms with Gasteiger partial charge in [0.1, 0.15) is 17.6 Å². The molecule has 0 aromatic rings. The summed E-state index contributed by atoms with van der Waals surface area (Å²) < 4.78 is 18.1. The molecule has 1 fully saturated rings. The maximum atomic E-state index is 12.9. The Hall–Kier alpha value is -0.923. The van der Waals surface area contributed by atoms with Crippen LogP contribution in [0.15, 0.2) is 0 Å². The minimum atomic E-state index is -1.94. The largest absolute Gasteiger partial charge is 0.444 e. The Morgan fingerprint density at radius 1 is 1.27 bits per heavy atom. The third kappa shape index (κ3) is 5.54. The van der Waals surface area contributed by atoms with Gasteiger partial charge in [0.05, 0.1) is 18.8 Å². The Labute approximate surface area is 159 Å². The molecule has 2 atom stereocenters. The number of amides is 1. The van der Waals surface area contributed by atoms with Crippen LogP contribution >= 0.6 is 0 Å². The molecule has 0 N–H and O–H groups in total. The summed E-state index contributed by atoms with van der Waals surface area (Å²) in [5.41, 5.74) is -1.40. The van der Waals surface area contributed by atoms with Crippen LogP contribution in [0.3, 0.4) is 0 Å². The highest BCUT2D eigenvalue weighted by Gasteiger charge is 2.50. The Kier molecular flexibility index (Phi) is 7.86. The van der Waals surface area contributed by atoms with Crippen LogP contribution in [0.1, 0.15) is 61.8 Å². The van der Waals surface area contributed by atoms with E-state index >= 15 is 0 Å². The van der Waals surface area contributed by atoms with Gasteiger partial charge in [-0.05, 0) is 52.8 Å².